The standard InChI is InChI=1S/C24H18O4/c25-21-7-4-8-23-24(21)22(26)15-20(28-23)14-11-17-9-12-19(13-10-17)27-16-18-5-2-1-3-6-18/h1-15,25H,16H2/b14-11+. The van der Waals surface area contributed by atoms with Crippen molar-refractivity contribution < 1.29 is 14.3 Å². The van der Waals surface area contributed by atoms with Gasteiger partial charge in [-0.3, -0.25) is 4.79 Å². The van der Waals surface area contributed by atoms with E-state index in [4.69, 9.17) is 9.15 Å². The number of hydrogen-bond acceptors (Lipinski definition) is 4. The highest BCUT2D eigenvalue weighted by molar-refractivity contribution is 5.84. The molecule has 0 unspecified atom stereocenters. The SMILES string of the molecule is O=c1cc(/C=C/c2ccc(OCc3ccccc3)cc2)oc2cccc(O)c12. The van der Waals surface area contributed by atoms with E-state index in [-0.39, 0.29) is 16.6 Å². The molecule has 0 spiro atoms. The van der Waals surface area contributed by atoms with Crippen LogP contribution in [0.15, 0.2) is 88.1 Å². The Bertz CT molecular complexity index is 1170. The van der Waals surface area contributed by atoms with Crippen LogP contribution in [0, 0.1) is 0 Å². The van der Waals surface area contributed by atoms with Gasteiger partial charge in [-0.2, -0.15) is 0 Å². The van der Waals surface area contributed by atoms with Crippen molar-refractivity contribution in [3.63, 3.8) is 0 Å². The molecular weight excluding hydrogens is 352 g/mol. The van der Waals surface area contributed by atoms with Crippen LogP contribution < -0.4 is 10.2 Å². The zero-order valence-electron chi connectivity index (χ0n) is 15.0. The van der Waals surface area contributed by atoms with Crippen LogP contribution in [0.2, 0.25) is 0 Å². The molecule has 1 aromatic heterocycles. The van der Waals surface area contributed by atoms with Crippen molar-refractivity contribution in [2.75, 3.05) is 0 Å². The van der Waals surface area contributed by atoms with Gasteiger partial charge in [0.25, 0.3) is 0 Å². The Morgan fingerprint density at radius 3 is 2.46 bits per heavy atom. The molecule has 0 atom stereocenters. The maximum atomic E-state index is 12.2. The Morgan fingerprint density at radius 2 is 1.68 bits per heavy atom. The summed E-state index contributed by atoms with van der Waals surface area (Å²) in [4.78, 5) is 12.2. The second kappa shape index (κ2) is 7.84. The maximum Gasteiger partial charge on any atom is 0.197 e. The van der Waals surface area contributed by atoms with E-state index >= 15 is 0 Å². The molecule has 0 saturated heterocycles. The van der Waals surface area contributed by atoms with Crippen molar-refractivity contribution in [3.8, 4) is 11.5 Å². The van der Waals surface area contributed by atoms with Crippen LogP contribution >= 0.6 is 0 Å². The summed E-state index contributed by atoms with van der Waals surface area (Å²) in [5.41, 5.74) is 2.15. The Balaban J connectivity index is 1.47. The fourth-order valence-corrected chi connectivity index (χ4v) is 2.89. The molecule has 0 saturated carbocycles. The minimum atomic E-state index is -0.274. The quantitative estimate of drug-likeness (QED) is 0.521. The zero-order valence-corrected chi connectivity index (χ0v) is 15.0. The predicted octanol–water partition coefficient (Wildman–Crippen LogP) is 5.25. The van der Waals surface area contributed by atoms with Crippen molar-refractivity contribution >= 4 is 23.1 Å². The first-order chi connectivity index (χ1) is 13.7. The topological polar surface area (TPSA) is 59.7 Å². The first kappa shape index (κ1) is 17.6. The Morgan fingerprint density at radius 1 is 0.893 bits per heavy atom. The van der Waals surface area contributed by atoms with E-state index < -0.39 is 0 Å². The molecule has 28 heavy (non-hydrogen) atoms. The molecular formula is C24H18O4. The van der Waals surface area contributed by atoms with Crippen LogP contribution in [0.4, 0.5) is 0 Å². The normalized spacial score (nSPS) is 11.1. The lowest BCUT2D eigenvalue weighted by molar-refractivity contribution is 0.306. The lowest BCUT2D eigenvalue weighted by Gasteiger charge is -2.06. The molecule has 1 heterocycles. The lowest BCUT2D eigenvalue weighted by Crippen LogP contribution is -2.00. The molecule has 0 radical (unpaired) electrons. The number of ether oxygens (including phenoxy) is 1. The minimum Gasteiger partial charge on any atom is -0.507 e. The van der Waals surface area contributed by atoms with Gasteiger partial charge in [-0.15, -0.1) is 0 Å². The largest absolute Gasteiger partial charge is 0.507 e. The second-order valence-corrected chi connectivity index (χ2v) is 6.34. The summed E-state index contributed by atoms with van der Waals surface area (Å²) in [6, 6.07) is 23.8. The van der Waals surface area contributed by atoms with E-state index in [0.29, 0.717) is 18.0 Å². The van der Waals surface area contributed by atoms with Gasteiger partial charge in [0, 0.05) is 6.07 Å². The highest BCUT2D eigenvalue weighted by Gasteiger charge is 2.07. The monoisotopic (exact) mass is 370 g/mol. The summed E-state index contributed by atoms with van der Waals surface area (Å²) in [7, 11) is 0. The Kier molecular flexibility index (Phi) is 4.93. The molecule has 1 N–H and O–H groups in total. The molecule has 4 nitrogen and oxygen atoms in total. The summed E-state index contributed by atoms with van der Waals surface area (Å²) in [6.07, 6.45) is 3.58. The number of phenols is 1. The number of rotatable bonds is 5. The van der Waals surface area contributed by atoms with Crippen LogP contribution in [-0.2, 0) is 6.61 Å². The smallest absolute Gasteiger partial charge is 0.197 e. The molecule has 4 aromatic rings. The van der Waals surface area contributed by atoms with Gasteiger partial charge < -0.3 is 14.3 Å². The highest BCUT2D eigenvalue weighted by Crippen LogP contribution is 2.22. The molecule has 0 fully saturated rings. The fourth-order valence-electron chi connectivity index (χ4n) is 2.89. The van der Waals surface area contributed by atoms with Gasteiger partial charge >= 0.3 is 0 Å². The van der Waals surface area contributed by atoms with Gasteiger partial charge in [-0.1, -0.05) is 54.6 Å². The summed E-state index contributed by atoms with van der Waals surface area (Å²) in [6.45, 7) is 0.519. The van der Waals surface area contributed by atoms with Gasteiger partial charge in [0.05, 0.1) is 0 Å². The molecule has 0 bridgehead atoms. The Labute approximate surface area is 162 Å². The average Bonchev–Trinajstić information content (AvgIpc) is 2.72. The summed E-state index contributed by atoms with van der Waals surface area (Å²) in [5, 5.41) is 10.00. The number of fused-ring (bicyclic) bond motifs is 1. The number of phenolic OH excluding ortho intramolecular Hbond substituents is 1. The molecule has 4 heteroatoms. The minimum absolute atomic E-state index is 0.0760. The van der Waals surface area contributed by atoms with E-state index in [9.17, 15) is 9.90 Å². The van der Waals surface area contributed by atoms with Crippen molar-refractivity contribution in [2.24, 2.45) is 0 Å². The third-order valence-electron chi connectivity index (χ3n) is 4.32. The van der Waals surface area contributed by atoms with Gasteiger partial charge in [0.2, 0.25) is 0 Å². The zero-order chi connectivity index (χ0) is 19.3. The third kappa shape index (κ3) is 3.96. The number of aromatic hydroxyl groups is 1. The van der Waals surface area contributed by atoms with Crippen molar-refractivity contribution in [2.45, 2.75) is 6.61 Å². The number of hydrogen-bond donors (Lipinski definition) is 1. The molecule has 3 aromatic carbocycles. The van der Waals surface area contributed by atoms with Gasteiger partial charge in [-0.05, 0) is 41.5 Å². The van der Waals surface area contributed by atoms with Crippen LogP contribution in [0.1, 0.15) is 16.9 Å². The van der Waals surface area contributed by atoms with E-state index in [1.807, 2.05) is 60.7 Å². The van der Waals surface area contributed by atoms with Gasteiger partial charge in [0.1, 0.15) is 34.8 Å². The number of benzene rings is 3. The lowest BCUT2D eigenvalue weighted by atomic mass is 10.1. The fraction of sp³-hybridized carbons (Fsp3) is 0.0417. The van der Waals surface area contributed by atoms with E-state index in [1.54, 1.807) is 18.2 Å². The molecule has 4 rings (SSSR count). The van der Waals surface area contributed by atoms with Crippen LogP contribution in [0.5, 0.6) is 11.5 Å². The van der Waals surface area contributed by atoms with Crippen LogP contribution in [-0.4, -0.2) is 5.11 Å². The van der Waals surface area contributed by atoms with Crippen molar-refractivity contribution in [1.82, 2.24) is 0 Å². The van der Waals surface area contributed by atoms with Crippen molar-refractivity contribution in [1.29, 1.82) is 0 Å². The van der Waals surface area contributed by atoms with Gasteiger partial charge in [-0.25, -0.2) is 0 Å². The molecule has 0 aliphatic heterocycles. The predicted molar refractivity (Wildman–Crippen MR) is 110 cm³/mol. The van der Waals surface area contributed by atoms with E-state index in [2.05, 4.69) is 0 Å². The van der Waals surface area contributed by atoms with Crippen LogP contribution in [0.3, 0.4) is 0 Å². The van der Waals surface area contributed by atoms with Crippen LogP contribution in [0.25, 0.3) is 23.1 Å². The highest BCUT2D eigenvalue weighted by atomic mass is 16.5. The second-order valence-electron chi connectivity index (χ2n) is 6.34. The van der Waals surface area contributed by atoms with Gasteiger partial charge in [0.15, 0.2) is 5.43 Å². The first-order valence-electron chi connectivity index (χ1n) is 8.90. The first-order valence-corrected chi connectivity index (χ1v) is 8.90. The molecule has 138 valence electrons. The summed E-state index contributed by atoms with van der Waals surface area (Å²) in [5.74, 6) is 1.13. The third-order valence-corrected chi connectivity index (χ3v) is 4.32. The maximum absolute atomic E-state index is 12.2. The summed E-state index contributed by atoms with van der Waals surface area (Å²) < 4.78 is 11.5. The molecule has 0 aliphatic rings. The molecule has 0 aliphatic carbocycles. The molecule has 0 amide bonds. The van der Waals surface area contributed by atoms with Crippen molar-refractivity contribution in [3.05, 3.63) is 106 Å². The Hall–Kier alpha value is -3.79. The summed E-state index contributed by atoms with van der Waals surface area (Å²) >= 11 is 0. The van der Waals surface area contributed by atoms with E-state index in [1.165, 1.54) is 12.1 Å². The van der Waals surface area contributed by atoms with E-state index in [0.717, 1.165) is 16.9 Å². The average molecular weight is 370 g/mol.